The molecular weight excluding hydrogens is 348 g/mol. The van der Waals surface area contributed by atoms with Gasteiger partial charge in [-0.05, 0) is 12.8 Å². The van der Waals surface area contributed by atoms with Crippen molar-refractivity contribution < 1.29 is 34.2 Å². The molecule has 0 saturated carbocycles. The fourth-order valence-corrected chi connectivity index (χ4v) is 1.92. The highest BCUT2D eigenvalue weighted by molar-refractivity contribution is 5.94. The maximum atomic E-state index is 12.2. The van der Waals surface area contributed by atoms with Crippen LogP contribution in [0, 0.1) is 5.92 Å². The molecule has 0 radical (unpaired) electrons. The van der Waals surface area contributed by atoms with Gasteiger partial charge in [-0.15, -0.1) is 0 Å². The number of aliphatic carboxylic acids is 2. The smallest absolute Gasteiger partial charge is 0.322 e. The number of carboxylic acid groups (broad SMARTS) is 2. The zero-order chi connectivity index (χ0) is 20.4. The predicted molar refractivity (Wildman–Crippen MR) is 89.9 cm³/mol. The maximum Gasteiger partial charge on any atom is 0.322 e. The van der Waals surface area contributed by atoms with E-state index in [4.69, 9.17) is 15.9 Å². The zero-order valence-electron chi connectivity index (χ0n) is 14.9. The fraction of sp³-hybridized carbons (Fsp3) is 0.667. The van der Waals surface area contributed by atoms with Crippen molar-refractivity contribution in [3.8, 4) is 0 Å². The van der Waals surface area contributed by atoms with Gasteiger partial charge in [0.15, 0.2) is 0 Å². The number of amides is 3. The van der Waals surface area contributed by atoms with Crippen molar-refractivity contribution >= 4 is 29.7 Å². The highest BCUT2D eigenvalue weighted by Crippen LogP contribution is 2.08. The molecule has 0 heterocycles. The predicted octanol–water partition coefficient (Wildman–Crippen LogP) is -1.98. The highest BCUT2D eigenvalue weighted by atomic mass is 16.4. The molecule has 0 aromatic heterocycles. The van der Waals surface area contributed by atoms with Crippen LogP contribution in [0.1, 0.15) is 33.6 Å². The number of nitrogens with two attached hydrogens (primary N) is 1. The van der Waals surface area contributed by atoms with Crippen LogP contribution in [-0.2, 0) is 24.0 Å². The fourth-order valence-electron chi connectivity index (χ4n) is 1.92. The van der Waals surface area contributed by atoms with Crippen molar-refractivity contribution in [1.82, 2.24) is 16.0 Å². The van der Waals surface area contributed by atoms with Crippen molar-refractivity contribution in [2.24, 2.45) is 11.7 Å². The first-order valence-electron chi connectivity index (χ1n) is 8.07. The van der Waals surface area contributed by atoms with E-state index in [2.05, 4.69) is 16.0 Å². The molecule has 11 nitrogen and oxygen atoms in total. The quantitative estimate of drug-likeness (QED) is 0.240. The van der Waals surface area contributed by atoms with Crippen LogP contribution in [0.5, 0.6) is 0 Å². The molecule has 0 aromatic rings. The van der Waals surface area contributed by atoms with Gasteiger partial charge in [0, 0.05) is 0 Å². The topological polar surface area (TPSA) is 188 Å². The first kappa shape index (κ1) is 23.3. The first-order valence-corrected chi connectivity index (χ1v) is 8.07. The summed E-state index contributed by atoms with van der Waals surface area (Å²) in [5.74, 6) is -4.92. The van der Waals surface area contributed by atoms with Gasteiger partial charge in [0.25, 0.3) is 0 Å². The summed E-state index contributed by atoms with van der Waals surface area (Å²) in [6.45, 7) is 4.27. The third kappa shape index (κ3) is 8.42. The van der Waals surface area contributed by atoms with E-state index in [1.165, 1.54) is 6.92 Å². The largest absolute Gasteiger partial charge is 0.481 e. The lowest BCUT2D eigenvalue weighted by Gasteiger charge is -2.25. The summed E-state index contributed by atoms with van der Waals surface area (Å²) < 4.78 is 0. The molecular formula is C15H26N4O7. The molecule has 0 bridgehead atoms. The van der Waals surface area contributed by atoms with Gasteiger partial charge in [0.05, 0.1) is 12.5 Å². The maximum absolute atomic E-state index is 12.2. The molecule has 4 atom stereocenters. The number of nitrogens with one attached hydrogen (secondary N) is 3. The van der Waals surface area contributed by atoms with Crippen LogP contribution >= 0.6 is 0 Å². The Hall–Kier alpha value is -2.69. The number of hydrogen-bond donors (Lipinski definition) is 6. The third-order valence-electron chi connectivity index (χ3n) is 3.69. The monoisotopic (exact) mass is 374 g/mol. The molecule has 0 aliphatic carbocycles. The molecule has 4 unspecified atom stereocenters. The van der Waals surface area contributed by atoms with Crippen LogP contribution in [0.25, 0.3) is 0 Å². The molecule has 3 amide bonds. The van der Waals surface area contributed by atoms with Gasteiger partial charge in [-0.3, -0.25) is 24.0 Å². The van der Waals surface area contributed by atoms with E-state index in [0.717, 1.165) is 0 Å². The van der Waals surface area contributed by atoms with Gasteiger partial charge in [-0.2, -0.15) is 0 Å². The summed E-state index contributed by atoms with van der Waals surface area (Å²) in [4.78, 5) is 57.2. The van der Waals surface area contributed by atoms with Crippen LogP contribution in [0.15, 0.2) is 0 Å². The SMILES string of the molecule is CCC(C)C(NC(=O)C(C)NC(=O)C(N)CC(=O)O)C(=O)NCC(=O)O. The molecule has 0 fully saturated rings. The number of carboxylic acids is 2. The van der Waals surface area contributed by atoms with Crippen molar-refractivity contribution in [2.45, 2.75) is 51.7 Å². The number of hydrogen-bond acceptors (Lipinski definition) is 6. The normalized spacial score (nSPS) is 15.1. The molecule has 0 aliphatic heterocycles. The van der Waals surface area contributed by atoms with E-state index in [9.17, 15) is 24.0 Å². The Bertz CT molecular complexity index is 552. The summed E-state index contributed by atoms with van der Waals surface area (Å²) in [5.41, 5.74) is 5.41. The van der Waals surface area contributed by atoms with Crippen LogP contribution in [0.2, 0.25) is 0 Å². The van der Waals surface area contributed by atoms with Gasteiger partial charge in [0.1, 0.15) is 18.6 Å². The Morgan fingerprint density at radius 2 is 1.50 bits per heavy atom. The summed E-state index contributed by atoms with van der Waals surface area (Å²) in [6, 6.07) is -3.37. The van der Waals surface area contributed by atoms with Crippen LogP contribution in [0.4, 0.5) is 0 Å². The molecule has 0 rings (SSSR count). The van der Waals surface area contributed by atoms with Crippen molar-refractivity contribution in [3.63, 3.8) is 0 Å². The van der Waals surface area contributed by atoms with Crippen molar-refractivity contribution in [3.05, 3.63) is 0 Å². The lowest BCUT2D eigenvalue weighted by molar-refractivity contribution is -0.139. The Kier molecular flexibility index (Phi) is 9.89. The van der Waals surface area contributed by atoms with Crippen LogP contribution in [-0.4, -0.2) is 64.5 Å². The van der Waals surface area contributed by atoms with E-state index < -0.39 is 60.8 Å². The minimum atomic E-state index is -1.31. The van der Waals surface area contributed by atoms with Crippen LogP contribution in [0.3, 0.4) is 0 Å². The van der Waals surface area contributed by atoms with Gasteiger partial charge in [0.2, 0.25) is 17.7 Å². The minimum absolute atomic E-state index is 0.287. The van der Waals surface area contributed by atoms with E-state index in [0.29, 0.717) is 6.42 Å². The zero-order valence-corrected chi connectivity index (χ0v) is 14.9. The first-order chi connectivity index (χ1) is 12.0. The second kappa shape index (κ2) is 11.0. The lowest BCUT2D eigenvalue weighted by atomic mass is 9.98. The lowest BCUT2D eigenvalue weighted by Crippen LogP contribution is -2.56. The molecule has 0 aliphatic rings. The Morgan fingerprint density at radius 3 is 1.96 bits per heavy atom. The Balaban J connectivity index is 4.86. The number of carbonyl (C=O) groups excluding carboxylic acids is 3. The van der Waals surface area contributed by atoms with E-state index >= 15 is 0 Å². The second-order valence-electron chi connectivity index (χ2n) is 5.92. The van der Waals surface area contributed by atoms with Crippen molar-refractivity contribution in [2.75, 3.05) is 6.54 Å². The van der Waals surface area contributed by atoms with Crippen molar-refractivity contribution in [1.29, 1.82) is 0 Å². The average Bonchev–Trinajstić information content (AvgIpc) is 2.55. The molecule has 148 valence electrons. The molecule has 26 heavy (non-hydrogen) atoms. The molecule has 0 spiro atoms. The van der Waals surface area contributed by atoms with E-state index in [-0.39, 0.29) is 5.92 Å². The summed E-state index contributed by atoms with van der Waals surface area (Å²) in [7, 11) is 0. The Labute approximate surface area is 150 Å². The Morgan fingerprint density at radius 1 is 0.923 bits per heavy atom. The molecule has 11 heteroatoms. The summed E-state index contributed by atoms with van der Waals surface area (Å²) in [5, 5.41) is 24.2. The van der Waals surface area contributed by atoms with Crippen LogP contribution < -0.4 is 21.7 Å². The summed E-state index contributed by atoms with van der Waals surface area (Å²) >= 11 is 0. The van der Waals surface area contributed by atoms with Gasteiger partial charge in [-0.25, -0.2) is 0 Å². The third-order valence-corrected chi connectivity index (χ3v) is 3.69. The number of carbonyl (C=O) groups is 5. The van der Waals surface area contributed by atoms with Gasteiger partial charge in [-0.1, -0.05) is 20.3 Å². The number of rotatable bonds is 11. The molecule has 0 saturated heterocycles. The van der Waals surface area contributed by atoms with E-state index in [1.807, 2.05) is 0 Å². The summed E-state index contributed by atoms with van der Waals surface area (Å²) in [6.07, 6.45) is -0.0527. The standard InChI is InChI=1S/C15H26N4O7/c1-4-7(2)12(15(26)17-6-11(22)23)19-13(24)8(3)18-14(25)9(16)5-10(20)21/h7-9,12H,4-6,16H2,1-3H3,(H,17,26)(H,18,25)(H,19,24)(H,20,21)(H,22,23). The minimum Gasteiger partial charge on any atom is -0.481 e. The van der Waals surface area contributed by atoms with E-state index in [1.54, 1.807) is 13.8 Å². The highest BCUT2D eigenvalue weighted by Gasteiger charge is 2.29. The molecule has 0 aromatic carbocycles. The van der Waals surface area contributed by atoms with Gasteiger partial charge >= 0.3 is 11.9 Å². The van der Waals surface area contributed by atoms with Gasteiger partial charge < -0.3 is 31.9 Å². The average molecular weight is 374 g/mol. The molecule has 7 N–H and O–H groups in total. The second-order valence-corrected chi connectivity index (χ2v) is 5.92.